The number of hydrogen-bond donors (Lipinski definition) is 3. The average molecular weight is 380 g/mol. The van der Waals surface area contributed by atoms with Crippen LogP contribution >= 0.6 is 11.8 Å². The molecule has 0 saturated heterocycles. The number of rotatable bonds is 4. The number of aromatic nitrogens is 3. The van der Waals surface area contributed by atoms with Crippen molar-refractivity contribution in [1.29, 1.82) is 0 Å². The summed E-state index contributed by atoms with van der Waals surface area (Å²) < 4.78 is 0. The Hall–Kier alpha value is -2.77. The Morgan fingerprint density at radius 3 is 2.41 bits per heavy atom. The monoisotopic (exact) mass is 380 g/mol. The lowest BCUT2D eigenvalue weighted by atomic mass is 9.93. The van der Waals surface area contributed by atoms with E-state index in [1.54, 1.807) is 4.90 Å². The third-order valence-corrected chi connectivity index (χ3v) is 5.24. The lowest BCUT2D eigenvalue weighted by Crippen LogP contribution is -2.35. The summed E-state index contributed by atoms with van der Waals surface area (Å²) in [6.45, 7) is 2.03. The Morgan fingerprint density at radius 1 is 1.07 bits per heavy atom. The van der Waals surface area contributed by atoms with Gasteiger partial charge in [-0.25, -0.2) is 5.10 Å². The summed E-state index contributed by atoms with van der Waals surface area (Å²) in [7, 11) is 0. The van der Waals surface area contributed by atoms with Crippen LogP contribution in [0, 0.1) is 6.92 Å². The molecule has 6 nitrogen and oxygen atoms in total. The molecule has 1 aliphatic heterocycles. The van der Waals surface area contributed by atoms with Crippen LogP contribution in [-0.4, -0.2) is 37.9 Å². The highest BCUT2D eigenvalue weighted by molar-refractivity contribution is 7.98. The van der Waals surface area contributed by atoms with Crippen molar-refractivity contribution in [2.75, 3.05) is 11.2 Å². The molecule has 4 rings (SSSR count). The molecule has 0 bridgehead atoms. The zero-order valence-corrected chi connectivity index (χ0v) is 15.8. The van der Waals surface area contributed by atoms with Crippen molar-refractivity contribution < 1.29 is 10.2 Å². The van der Waals surface area contributed by atoms with Crippen LogP contribution in [0.25, 0.3) is 5.57 Å². The van der Waals surface area contributed by atoms with E-state index in [0.717, 1.165) is 16.7 Å². The molecule has 3 N–H and O–H groups in total. The maximum absolute atomic E-state index is 10.8. The Balaban J connectivity index is 1.87. The molecule has 0 aliphatic carbocycles. The molecule has 3 aromatic rings. The van der Waals surface area contributed by atoms with E-state index in [2.05, 4.69) is 15.2 Å². The van der Waals surface area contributed by atoms with E-state index < -0.39 is 12.3 Å². The van der Waals surface area contributed by atoms with Crippen LogP contribution in [0.15, 0.2) is 65.5 Å². The summed E-state index contributed by atoms with van der Waals surface area (Å²) in [5, 5.41) is 29.3. The Morgan fingerprint density at radius 2 is 1.78 bits per heavy atom. The summed E-state index contributed by atoms with van der Waals surface area (Å²) in [6, 6.07) is 17.3. The first-order chi connectivity index (χ1) is 13.1. The minimum Gasteiger partial charge on any atom is -0.507 e. The number of aryl methyl sites for hydroxylation is 1. The molecule has 138 valence electrons. The van der Waals surface area contributed by atoms with Gasteiger partial charge in [-0.2, -0.15) is 4.98 Å². The van der Waals surface area contributed by atoms with E-state index >= 15 is 0 Å². The van der Waals surface area contributed by atoms with Crippen molar-refractivity contribution in [3.63, 3.8) is 0 Å². The van der Waals surface area contributed by atoms with Crippen molar-refractivity contribution in [2.45, 2.75) is 24.3 Å². The van der Waals surface area contributed by atoms with Crippen LogP contribution in [0.2, 0.25) is 0 Å². The van der Waals surface area contributed by atoms with E-state index in [1.807, 2.05) is 67.8 Å². The molecule has 2 heterocycles. The van der Waals surface area contributed by atoms with Gasteiger partial charge in [-0.3, -0.25) is 4.90 Å². The lowest BCUT2D eigenvalue weighted by Gasteiger charge is -2.28. The first kappa shape index (κ1) is 17.6. The van der Waals surface area contributed by atoms with Crippen molar-refractivity contribution in [1.82, 2.24) is 15.2 Å². The molecule has 7 heteroatoms. The minimum absolute atomic E-state index is 0.0751. The zero-order chi connectivity index (χ0) is 19.0. The van der Waals surface area contributed by atoms with Crippen molar-refractivity contribution in [3.05, 3.63) is 77.0 Å². The van der Waals surface area contributed by atoms with Crippen LogP contribution in [0.4, 0.5) is 5.95 Å². The zero-order valence-electron chi connectivity index (χ0n) is 15.0. The molecule has 0 radical (unpaired) electrons. The molecule has 0 spiro atoms. The number of anilines is 1. The molecule has 2 aromatic carbocycles. The fourth-order valence-corrected chi connectivity index (χ4v) is 3.69. The van der Waals surface area contributed by atoms with Gasteiger partial charge in [0.15, 0.2) is 6.23 Å². The van der Waals surface area contributed by atoms with Gasteiger partial charge in [0.2, 0.25) is 11.1 Å². The smallest absolute Gasteiger partial charge is 0.225 e. The van der Waals surface area contributed by atoms with Crippen molar-refractivity contribution in [2.24, 2.45) is 0 Å². The van der Waals surface area contributed by atoms with Crippen molar-refractivity contribution in [3.8, 4) is 0 Å². The van der Waals surface area contributed by atoms with Crippen LogP contribution in [0.3, 0.4) is 0 Å². The predicted molar refractivity (Wildman–Crippen MR) is 107 cm³/mol. The number of thioether (sulfide) groups is 1. The topological polar surface area (TPSA) is 85.3 Å². The molecule has 0 unspecified atom stereocenters. The minimum atomic E-state index is -1.21. The van der Waals surface area contributed by atoms with E-state index in [1.165, 1.54) is 11.8 Å². The van der Waals surface area contributed by atoms with Gasteiger partial charge in [0, 0.05) is 5.57 Å². The number of nitrogens with zero attached hydrogens (tertiary/aromatic N) is 3. The summed E-state index contributed by atoms with van der Waals surface area (Å²) in [6.07, 6.45) is 0.671. The molecule has 0 amide bonds. The maximum atomic E-state index is 10.8. The van der Waals surface area contributed by atoms with Crippen LogP contribution in [0.5, 0.6) is 0 Å². The number of hydrogen-bond acceptors (Lipinski definition) is 6. The number of aromatic amines is 1. The highest BCUT2D eigenvalue weighted by Crippen LogP contribution is 2.46. The molecular formula is C20H20N4O2S. The Labute approximate surface area is 161 Å². The van der Waals surface area contributed by atoms with Crippen LogP contribution < -0.4 is 4.90 Å². The first-order valence-electron chi connectivity index (χ1n) is 8.58. The number of aliphatic hydroxyl groups is 2. The van der Waals surface area contributed by atoms with Crippen LogP contribution in [0.1, 0.15) is 22.7 Å². The molecular weight excluding hydrogens is 360 g/mol. The molecule has 2 atom stereocenters. The number of aliphatic hydroxyl groups excluding tert-OH is 2. The molecule has 1 aromatic heterocycles. The van der Waals surface area contributed by atoms with Gasteiger partial charge in [0.1, 0.15) is 5.76 Å². The summed E-state index contributed by atoms with van der Waals surface area (Å²) in [5.74, 6) is 0.337. The van der Waals surface area contributed by atoms with Gasteiger partial charge in [0.05, 0.1) is 6.04 Å². The first-order valence-corrected chi connectivity index (χ1v) is 9.80. The Bertz CT molecular complexity index is 969. The molecule has 0 fully saturated rings. The van der Waals surface area contributed by atoms with Crippen LogP contribution in [-0.2, 0) is 0 Å². The second-order valence-electron chi connectivity index (χ2n) is 6.40. The average Bonchev–Trinajstić information content (AvgIpc) is 3.26. The van der Waals surface area contributed by atoms with E-state index in [4.69, 9.17) is 0 Å². The summed E-state index contributed by atoms with van der Waals surface area (Å²) in [4.78, 5) is 6.10. The molecule has 1 aliphatic rings. The summed E-state index contributed by atoms with van der Waals surface area (Å²) >= 11 is 1.41. The van der Waals surface area contributed by atoms with E-state index in [-0.39, 0.29) is 5.76 Å². The van der Waals surface area contributed by atoms with E-state index in [9.17, 15) is 10.2 Å². The fraction of sp³-hybridized carbons (Fsp3) is 0.200. The summed E-state index contributed by atoms with van der Waals surface area (Å²) in [5.41, 5.74) is 3.60. The predicted octanol–water partition coefficient (Wildman–Crippen LogP) is 3.68. The fourth-order valence-electron chi connectivity index (χ4n) is 3.37. The molecule has 0 saturated carbocycles. The standard InChI is InChI=1S/C20H20N4O2S/c1-12-8-10-14(11-9-12)16-15(13-6-4-3-5-7-13)17(25)18(26)24(16)19-21-20(27-2)23-22-19/h3-11,16,18,25-26H,1-2H3,(H,21,22,23)/t16-,18-/m1/s1. The normalized spacial score (nSPS) is 19.7. The third-order valence-electron chi connectivity index (χ3n) is 4.69. The lowest BCUT2D eigenvalue weighted by molar-refractivity contribution is 0.156. The van der Waals surface area contributed by atoms with Gasteiger partial charge in [-0.15, -0.1) is 5.10 Å². The SMILES string of the molecule is CSc1n[nH]c(N2[C@H](O)C(O)=C(c3ccccc3)[C@H]2c2ccc(C)cc2)n1. The quantitative estimate of drug-likeness (QED) is 0.599. The largest absolute Gasteiger partial charge is 0.507 e. The highest BCUT2D eigenvalue weighted by atomic mass is 32.2. The number of benzene rings is 2. The maximum Gasteiger partial charge on any atom is 0.225 e. The van der Waals surface area contributed by atoms with Gasteiger partial charge in [0.25, 0.3) is 0 Å². The highest BCUT2D eigenvalue weighted by Gasteiger charge is 2.43. The second kappa shape index (κ2) is 7.09. The number of nitrogens with one attached hydrogen (secondary N) is 1. The van der Waals surface area contributed by atoms with Gasteiger partial charge < -0.3 is 10.2 Å². The Kier molecular flexibility index (Phi) is 4.63. The van der Waals surface area contributed by atoms with Gasteiger partial charge in [-0.05, 0) is 24.3 Å². The third kappa shape index (κ3) is 3.09. The van der Waals surface area contributed by atoms with Crippen molar-refractivity contribution >= 4 is 23.3 Å². The second-order valence-corrected chi connectivity index (χ2v) is 7.18. The van der Waals surface area contributed by atoms with E-state index in [0.29, 0.717) is 16.7 Å². The molecule has 27 heavy (non-hydrogen) atoms. The van der Waals surface area contributed by atoms with Gasteiger partial charge >= 0.3 is 0 Å². The number of H-pyrrole nitrogens is 1. The van der Waals surface area contributed by atoms with Gasteiger partial charge in [-0.1, -0.05) is 71.9 Å².